The van der Waals surface area contributed by atoms with Gasteiger partial charge in [0.1, 0.15) is 5.82 Å². The van der Waals surface area contributed by atoms with E-state index in [1.165, 1.54) is 22.7 Å². The van der Waals surface area contributed by atoms with Crippen LogP contribution in [-0.2, 0) is 16.6 Å². The smallest absolute Gasteiger partial charge is 0.251 e. The van der Waals surface area contributed by atoms with Crippen LogP contribution in [0.2, 0.25) is 0 Å². The summed E-state index contributed by atoms with van der Waals surface area (Å²) < 4.78 is 41.1. The van der Waals surface area contributed by atoms with Crippen LogP contribution in [0.1, 0.15) is 33.8 Å². The van der Waals surface area contributed by atoms with Crippen LogP contribution in [0.5, 0.6) is 0 Å². The molecule has 1 fully saturated rings. The Morgan fingerprint density at radius 2 is 1.89 bits per heavy atom. The molecule has 1 aliphatic rings. The van der Waals surface area contributed by atoms with E-state index in [0.29, 0.717) is 37.3 Å². The zero-order valence-corrected chi connectivity index (χ0v) is 22.0. The molecule has 38 heavy (non-hydrogen) atoms. The van der Waals surface area contributed by atoms with Gasteiger partial charge in [-0.15, -0.1) is 0 Å². The lowest BCUT2D eigenvalue weighted by Crippen LogP contribution is -2.27. The van der Waals surface area contributed by atoms with Gasteiger partial charge in [-0.1, -0.05) is 12.1 Å². The van der Waals surface area contributed by atoms with Crippen molar-refractivity contribution in [3.8, 4) is 22.5 Å². The molecule has 1 aliphatic heterocycles. The Bertz CT molecular complexity index is 1580. The first-order valence-electron chi connectivity index (χ1n) is 12.3. The maximum Gasteiger partial charge on any atom is 0.251 e. The van der Waals surface area contributed by atoms with Gasteiger partial charge in [0.05, 0.1) is 24.2 Å². The number of pyridine rings is 1. The Kier molecular flexibility index (Phi) is 7.09. The number of halogens is 1. The lowest BCUT2D eigenvalue weighted by molar-refractivity contribution is 0.0963. The van der Waals surface area contributed by atoms with Crippen molar-refractivity contribution in [1.82, 2.24) is 24.4 Å². The third kappa shape index (κ3) is 5.51. The van der Waals surface area contributed by atoms with Gasteiger partial charge in [0, 0.05) is 55.1 Å². The summed E-state index contributed by atoms with van der Waals surface area (Å²) in [5.41, 5.74) is 5.47. The van der Waals surface area contributed by atoms with Gasteiger partial charge in [0.25, 0.3) is 5.91 Å². The van der Waals surface area contributed by atoms with Gasteiger partial charge in [0.15, 0.2) is 0 Å². The molecule has 3 heterocycles. The van der Waals surface area contributed by atoms with E-state index in [9.17, 15) is 17.6 Å². The van der Waals surface area contributed by atoms with Crippen LogP contribution < -0.4 is 5.32 Å². The molecule has 0 radical (unpaired) electrons. The summed E-state index contributed by atoms with van der Waals surface area (Å²) in [7, 11) is -1.69. The monoisotopic (exact) mass is 533 g/mol. The van der Waals surface area contributed by atoms with Crippen LogP contribution in [0.25, 0.3) is 22.5 Å². The van der Waals surface area contributed by atoms with Gasteiger partial charge in [-0.2, -0.15) is 5.10 Å². The van der Waals surface area contributed by atoms with Crippen molar-refractivity contribution in [1.29, 1.82) is 0 Å². The van der Waals surface area contributed by atoms with Crippen molar-refractivity contribution in [2.75, 3.05) is 26.4 Å². The average molecular weight is 534 g/mol. The molecule has 10 heteroatoms. The molecule has 2 aromatic carbocycles. The maximum absolute atomic E-state index is 13.5. The molecular formula is C28H28FN5O3S. The van der Waals surface area contributed by atoms with E-state index in [-0.39, 0.29) is 17.6 Å². The lowest BCUT2D eigenvalue weighted by Gasteiger charge is -2.17. The van der Waals surface area contributed by atoms with Crippen molar-refractivity contribution in [3.63, 3.8) is 0 Å². The summed E-state index contributed by atoms with van der Waals surface area (Å²) in [5, 5.41) is 7.45. The zero-order chi connectivity index (χ0) is 26.9. The number of hydrogen-bond donors (Lipinski definition) is 1. The highest BCUT2D eigenvalue weighted by Crippen LogP contribution is 2.36. The molecule has 196 valence electrons. The predicted molar refractivity (Wildman–Crippen MR) is 144 cm³/mol. The number of aromatic nitrogens is 3. The number of hydrogen-bond acceptors (Lipinski definition) is 5. The molecule has 0 spiro atoms. The summed E-state index contributed by atoms with van der Waals surface area (Å²) in [4.78, 5) is 16.7. The highest BCUT2D eigenvalue weighted by Gasteiger charge is 2.31. The van der Waals surface area contributed by atoms with Crippen molar-refractivity contribution < 1.29 is 17.6 Å². The van der Waals surface area contributed by atoms with Crippen molar-refractivity contribution in [2.45, 2.75) is 18.9 Å². The fraction of sp³-hybridized carbons (Fsp3) is 0.250. The van der Waals surface area contributed by atoms with E-state index in [4.69, 9.17) is 5.10 Å². The van der Waals surface area contributed by atoms with Crippen LogP contribution in [-0.4, -0.2) is 59.8 Å². The Hall–Kier alpha value is -3.89. The highest BCUT2D eigenvalue weighted by atomic mass is 32.2. The van der Waals surface area contributed by atoms with E-state index in [1.807, 2.05) is 36.5 Å². The minimum absolute atomic E-state index is 0.0242. The van der Waals surface area contributed by atoms with Crippen LogP contribution in [0.4, 0.5) is 4.39 Å². The fourth-order valence-corrected chi connectivity index (χ4v) is 5.70. The molecule has 0 aliphatic carbocycles. The van der Waals surface area contributed by atoms with Gasteiger partial charge >= 0.3 is 0 Å². The average Bonchev–Trinajstić information content (AvgIpc) is 3.59. The number of amides is 1. The molecule has 1 saturated heterocycles. The molecular weight excluding hydrogens is 505 g/mol. The summed E-state index contributed by atoms with van der Waals surface area (Å²) in [5.74, 6) is -0.497. The second kappa shape index (κ2) is 10.5. The number of sulfonamides is 1. The number of nitrogens with one attached hydrogen (secondary N) is 1. The second-order valence-electron chi connectivity index (χ2n) is 9.45. The Balaban J connectivity index is 1.50. The fourth-order valence-electron chi connectivity index (χ4n) is 4.81. The third-order valence-corrected chi connectivity index (χ3v) is 8.08. The first kappa shape index (κ1) is 25.7. The van der Waals surface area contributed by atoms with E-state index in [1.54, 1.807) is 36.1 Å². The standard InChI is InChI=1S/C28H28FN5O3S/c1-30-28(35)21-5-3-4-19(14-21)17-33-12-11-26(32-33)24-15-27(20-6-8-23(29)9-7-20)31-16-25(24)22-10-13-34(18-22)38(2,36)37/h3-9,11-12,14-16,22H,10,13,17-18H2,1-2H3,(H,30,35). The van der Waals surface area contributed by atoms with Gasteiger partial charge in [-0.3, -0.25) is 14.5 Å². The molecule has 5 rings (SSSR count). The van der Waals surface area contributed by atoms with E-state index in [0.717, 1.165) is 27.9 Å². The van der Waals surface area contributed by atoms with Crippen LogP contribution >= 0.6 is 0 Å². The summed E-state index contributed by atoms with van der Waals surface area (Å²) in [6.45, 7) is 1.32. The van der Waals surface area contributed by atoms with Crippen LogP contribution in [0, 0.1) is 5.82 Å². The highest BCUT2D eigenvalue weighted by molar-refractivity contribution is 7.88. The van der Waals surface area contributed by atoms with E-state index >= 15 is 0 Å². The summed E-state index contributed by atoms with van der Waals surface area (Å²) in [6.07, 6.45) is 5.58. The third-order valence-electron chi connectivity index (χ3n) is 6.81. The topological polar surface area (TPSA) is 97.2 Å². The normalized spacial score (nSPS) is 16.0. The first-order chi connectivity index (χ1) is 18.2. The number of carbonyl (C=O) groups is 1. The summed E-state index contributed by atoms with van der Waals surface area (Å²) >= 11 is 0. The zero-order valence-electron chi connectivity index (χ0n) is 21.1. The predicted octanol–water partition coefficient (Wildman–Crippen LogP) is 3.91. The Morgan fingerprint density at radius 1 is 1.11 bits per heavy atom. The molecule has 0 bridgehead atoms. The largest absolute Gasteiger partial charge is 0.355 e. The SMILES string of the molecule is CNC(=O)c1cccc(Cn2ccc(-c3cc(-c4ccc(F)cc4)ncc3C3CCN(S(C)(=O)=O)C3)n2)c1. The maximum atomic E-state index is 13.5. The van der Waals surface area contributed by atoms with Gasteiger partial charge in [-0.25, -0.2) is 17.1 Å². The van der Waals surface area contributed by atoms with Crippen molar-refractivity contribution in [3.05, 3.63) is 95.6 Å². The quantitative estimate of drug-likeness (QED) is 0.389. The Labute approximate surface area is 221 Å². The van der Waals surface area contributed by atoms with Gasteiger partial charge < -0.3 is 5.32 Å². The number of benzene rings is 2. The van der Waals surface area contributed by atoms with Crippen LogP contribution in [0.15, 0.2) is 73.1 Å². The summed E-state index contributed by atoms with van der Waals surface area (Å²) in [6, 6.07) is 17.4. The van der Waals surface area contributed by atoms with Crippen molar-refractivity contribution in [2.24, 2.45) is 0 Å². The molecule has 4 aromatic rings. The van der Waals surface area contributed by atoms with E-state index < -0.39 is 10.0 Å². The molecule has 1 atom stereocenters. The number of rotatable bonds is 7. The molecule has 8 nitrogen and oxygen atoms in total. The van der Waals surface area contributed by atoms with Gasteiger partial charge in [0.2, 0.25) is 10.0 Å². The van der Waals surface area contributed by atoms with Crippen molar-refractivity contribution >= 4 is 15.9 Å². The molecule has 0 saturated carbocycles. The second-order valence-corrected chi connectivity index (χ2v) is 11.4. The Morgan fingerprint density at radius 3 is 2.61 bits per heavy atom. The first-order valence-corrected chi connectivity index (χ1v) is 14.1. The molecule has 1 N–H and O–H groups in total. The minimum Gasteiger partial charge on any atom is -0.355 e. The minimum atomic E-state index is -3.29. The molecule has 1 amide bonds. The van der Waals surface area contributed by atoms with Crippen LogP contribution in [0.3, 0.4) is 0 Å². The van der Waals surface area contributed by atoms with Gasteiger partial charge in [-0.05, 0) is 66.1 Å². The molecule has 1 unspecified atom stereocenters. The van der Waals surface area contributed by atoms with E-state index in [2.05, 4.69) is 10.3 Å². The number of nitrogens with zero attached hydrogens (tertiary/aromatic N) is 4. The molecule has 2 aromatic heterocycles. The number of carbonyl (C=O) groups excluding carboxylic acids is 1. The lowest BCUT2D eigenvalue weighted by atomic mass is 9.92.